The van der Waals surface area contributed by atoms with E-state index in [0.717, 1.165) is 56.1 Å². The number of halogens is 1. The van der Waals surface area contributed by atoms with Crippen LogP contribution in [0.1, 0.15) is 50.4 Å². The standard InChI is InChI=1S/C31H27N2O5.C12H12N2OS.C10H18FNO2.Na/c1-36-29-18-22(12-13-28(29)38-17-16-37-15-7-14-34)24-19-27(21-8-3-2-4-9-21)33-31-23-10-5-6-11-26(23)32-30(35)20-25(24)31;1-9-12(16-8-14-9)11-4-2-10(3-5-11)6-13-7-15;1-10(2,3)4-9(14)12-5-7(11)8(13)6-12;/h2-6,8-13,18-19H,7,15-17,20H2,1H3,(H,32,35);2-5,7-8H,6H2,1H3,(H,13,15);7-8,13H,4-6H2,1-3H3;/q-1;;;+1. The second-order valence-electron chi connectivity index (χ2n) is 17.3. The van der Waals surface area contributed by atoms with Crippen LogP contribution >= 0.6 is 11.3 Å². The van der Waals surface area contributed by atoms with Gasteiger partial charge in [-0.15, -0.1) is 17.8 Å². The third kappa shape index (κ3) is 15.3. The molecule has 4 aromatic carbocycles. The van der Waals surface area contributed by atoms with Gasteiger partial charge in [-0.05, 0) is 64.4 Å². The molecule has 2 aliphatic rings. The predicted molar refractivity (Wildman–Crippen MR) is 263 cm³/mol. The molecule has 13 nitrogen and oxygen atoms in total. The van der Waals surface area contributed by atoms with Crippen molar-refractivity contribution >= 4 is 41.5 Å². The number of amides is 3. The van der Waals surface area contributed by atoms with Crippen molar-refractivity contribution in [1.82, 2.24) is 20.2 Å². The number of thiazole rings is 1. The zero-order chi connectivity index (χ0) is 48.6. The average molecular weight is 966 g/mol. The number of rotatable bonds is 15. The average Bonchev–Trinajstić information content (AvgIpc) is 3.88. The first-order chi connectivity index (χ1) is 32.8. The number of methoxy groups -OCH3 is 1. The van der Waals surface area contributed by atoms with Crippen molar-refractivity contribution in [2.45, 2.75) is 65.8 Å². The first-order valence-corrected chi connectivity index (χ1v) is 23.1. The van der Waals surface area contributed by atoms with Crippen molar-refractivity contribution in [3.8, 4) is 55.6 Å². The van der Waals surface area contributed by atoms with Gasteiger partial charge in [-0.1, -0.05) is 99.6 Å². The van der Waals surface area contributed by atoms with E-state index in [1.807, 2.05) is 124 Å². The maximum Gasteiger partial charge on any atom is 1.00 e. The minimum atomic E-state index is -1.28. The van der Waals surface area contributed by atoms with Gasteiger partial charge in [0.2, 0.25) is 18.2 Å². The maximum atomic E-state index is 12.9. The summed E-state index contributed by atoms with van der Waals surface area (Å²) >= 11 is 1.64. The third-order valence-electron chi connectivity index (χ3n) is 10.9. The molecular weight excluding hydrogens is 909 g/mol. The van der Waals surface area contributed by atoms with Crippen LogP contribution < -0.4 is 49.7 Å². The van der Waals surface area contributed by atoms with Crippen molar-refractivity contribution in [3.05, 3.63) is 125 Å². The topological polar surface area (TPSA) is 169 Å². The summed E-state index contributed by atoms with van der Waals surface area (Å²) in [5.74, 6) is 0.977. The smallest absolute Gasteiger partial charge is 0.542 e. The Morgan fingerprint density at radius 2 is 1.67 bits per heavy atom. The summed E-state index contributed by atoms with van der Waals surface area (Å²) in [6.45, 7) is 9.62. The molecule has 0 bridgehead atoms. The number of benzene rings is 4. The van der Waals surface area contributed by atoms with Crippen LogP contribution in [0.15, 0.2) is 109 Å². The number of aliphatic hydroxyl groups excluding tert-OH is 1. The van der Waals surface area contributed by atoms with Gasteiger partial charge in [0.15, 0.2) is 11.5 Å². The molecule has 2 aliphatic heterocycles. The van der Waals surface area contributed by atoms with Crippen LogP contribution in [-0.4, -0.2) is 96.8 Å². The minimum Gasteiger partial charge on any atom is -0.542 e. The van der Waals surface area contributed by atoms with E-state index in [-0.39, 0.29) is 72.7 Å². The van der Waals surface area contributed by atoms with Crippen LogP contribution in [0.3, 0.4) is 0 Å². The first-order valence-electron chi connectivity index (χ1n) is 22.3. The number of hydrogen-bond acceptors (Lipinski definition) is 11. The van der Waals surface area contributed by atoms with Crippen LogP contribution in [0, 0.1) is 12.3 Å². The van der Waals surface area contributed by atoms with Gasteiger partial charge < -0.3 is 39.6 Å². The van der Waals surface area contributed by atoms with Crippen LogP contribution in [0.4, 0.5) is 10.1 Å². The summed E-state index contributed by atoms with van der Waals surface area (Å²) in [7, 11) is 1.59. The molecule has 3 amide bonds. The van der Waals surface area contributed by atoms with Gasteiger partial charge >= 0.3 is 29.6 Å². The summed E-state index contributed by atoms with van der Waals surface area (Å²) in [5.41, 5.74) is 11.9. The van der Waals surface area contributed by atoms with Crippen LogP contribution in [0.2, 0.25) is 0 Å². The molecule has 16 heteroatoms. The minimum absolute atomic E-state index is 0. The number of aliphatic hydroxyl groups is 1. The van der Waals surface area contributed by atoms with Crippen molar-refractivity contribution < 1.29 is 72.4 Å². The molecule has 3 N–H and O–H groups in total. The largest absolute Gasteiger partial charge is 1.00 e. The summed E-state index contributed by atoms with van der Waals surface area (Å²) in [6.07, 6.45) is 1.05. The molecule has 6 aromatic rings. The van der Waals surface area contributed by atoms with E-state index >= 15 is 0 Å². The predicted octanol–water partition coefficient (Wildman–Crippen LogP) is 5.81. The molecule has 1 saturated heterocycles. The fourth-order valence-corrected chi connectivity index (χ4v) is 8.36. The monoisotopic (exact) mass is 965 g/mol. The number of carbonyl (C=O) groups is 3. The maximum absolute atomic E-state index is 12.9. The Morgan fingerprint density at radius 1 is 0.942 bits per heavy atom. The number of pyridine rings is 1. The number of anilines is 1. The van der Waals surface area contributed by atoms with E-state index in [1.54, 1.807) is 24.7 Å². The number of hydrogen-bond donors (Lipinski definition) is 3. The molecule has 0 aliphatic carbocycles. The second-order valence-corrected chi connectivity index (χ2v) is 18.2. The summed E-state index contributed by atoms with van der Waals surface area (Å²) in [5, 5.41) is 14.8. The van der Waals surface area contributed by atoms with Crippen LogP contribution in [-0.2, 0) is 36.9 Å². The molecule has 2 unspecified atom stereocenters. The number of β-amino-alcohol motifs (C(OH)–C–C–N with tert-alkyl or cyclic N) is 1. The number of fused-ring (bicyclic) bond motifs is 3. The fourth-order valence-electron chi connectivity index (χ4n) is 7.55. The van der Waals surface area contributed by atoms with E-state index in [1.165, 1.54) is 15.3 Å². The van der Waals surface area contributed by atoms with Gasteiger partial charge in [-0.25, -0.2) is 14.4 Å². The van der Waals surface area contributed by atoms with Gasteiger partial charge in [0.1, 0.15) is 18.9 Å². The first kappa shape index (κ1) is 54.1. The van der Waals surface area contributed by atoms with E-state index in [0.29, 0.717) is 50.7 Å². The van der Waals surface area contributed by atoms with Crippen molar-refractivity contribution in [2.24, 2.45) is 5.41 Å². The zero-order valence-electron chi connectivity index (χ0n) is 39.9. The van der Waals surface area contributed by atoms with Crippen molar-refractivity contribution in [2.75, 3.05) is 45.3 Å². The normalized spacial score (nSPS) is 14.7. The number of aryl methyl sites for hydroxylation is 1. The number of ether oxygens (including phenoxy) is 3. The number of para-hydroxylation sites is 1. The Balaban J connectivity index is 0.000000235. The van der Waals surface area contributed by atoms with E-state index in [2.05, 4.69) is 27.8 Å². The zero-order valence-corrected chi connectivity index (χ0v) is 42.7. The SMILES string of the molecule is CC(C)(C)CC(=O)N1CC(O)C(F)C1.COc1cc(-c2cc(-c3ccccc3)nc3c2CC(=O)Nc2ccccc2-3)ccc1OCCOCC[C-]=O.Cc1ncsc1-c1ccc(CNC=O)cc1.[Na+]. The molecule has 2 aromatic heterocycles. The fraction of sp³-hybridized carbons (Fsp3) is 0.321. The molecule has 0 radical (unpaired) electrons. The number of likely N-dealkylation sites (tertiary alicyclic amines) is 1. The van der Waals surface area contributed by atoms with E-state index in [9.17, 15) is 23.6 Å². The van der Waals surface area contributed by atoms with Gasteiger partial charge in [0, 0.05) is 37.2 Å². The summed E-state index contributed by atoms with van der Waals surface area (Å²) < 4.78 is 29.8. The Morgan fingerprint density at radius 3 is 2.32 bits per heavy atom. The molecule has 8 rings (SSSR count). The number of alkyl halides is 1. The second kappa shape index (κ2) is 26.2. The summed E-state index contributed by atoms with van der Waals surface area (Å²) in [6, 6.07) is 33.6. The Kier molecular flexibility index (Phi) is 20.6. The van der Waals surface area contributed by atoms with Crippen molar-refractivity contribution in [3.63, 3.8) is 0 Å². The molecule has 356 valence electrons. The van der Waals surface area contributed by atoms with Crippen LogP contribution in [0.5, 0.6) is 11.5 Å². The molecule has 0 spiro atoms. The van der Waals surface area contributed by atoms with Gasteiger partial charge in [-0.2, -0.15) is 0 Å². The van der Waals surface area contributed by atoms with Gasteiger partial charge in [0.05, 0.1) is 59.8 Å². The van der Waals surface area contributed by atoms with Gasteiger partial charge in [0.25, 0.3) is 0 Å². The molecular formula is C53H57FN5NaO8S. The van der Waals surface area contributed by atoms with Crippen molar-refractivity contribution in [1.29, 1.82) is 0 Å². The Labute approximate surface area is 429 Å². The molecule has 69 heavy (non-hydrogen) atoms. The Bertz CT molecular complexity index is 2630. The molecule has 4 heterocycles. The summed E-state index contributed by atoms with van der Waals surface area (Å²) in [4.78, 5) is 56.9. The third-order valence-corrected chi connectivity index (χ3v) is 11.9. The van der Waals surface area contributed by atoms with E-state index in [4.69, 9.17) is 24.3 Å². The Hall–Kier alpha value is -5.81. The van der Waals surface area contributed by atoms with Crippen LogP contribution in [0.25, 0.3) is 44.1 Å². The molecule has 2 atom stereocenters. The number of nitrogens with zero attached hydrogens (tertiary/aromatic N) is 3. The molecule has 1 fully saturated rings. The number of aromatic nitrogens is 2. The number of carbonyl (C=O) groups excluding carboxylic acids is 4. The quantitative estimate of drug-likeness (QED) is 0.0494. The van der Waals surface area contributed by atoms with Gasteiger partial charge in [-0.3, -0.25) is 20.7 Å². The molecule has 0 saturated carbocycles. The van der Waals surface area contributed by atoms with E-state index < -0.39 is 12.3 Å². The number of nitrogens with one attached hydrogen (secondary N) is 2.